The van der Waals surface area contributed by atoms with Gasteiger partial charge in [-0.15, -0.1) is 0 Å². The van der Waals surface area contributed by atoms with E-state index in [1.807, 2.05) is 0 Å². The molecule has 1 aromatic rings. The molecule has 0 amide bonds. The SMILES string of the molecule is CC(C)(c1ccc([N+](=O)[O-])cn1)C(N)C(=O)O. The predicted octanol–water partition coefficient (Wildman–Crippen LogP) is 0.679. The van der Waals surface area contributed by atoms with Crippen LogP contribution >= 0.6 is 0 Å². The first kappa shape index (κ1) is 13.0. The van der Waals surface area contributed by atoms with Crippen LogP contribution in [0.1, 0.15) is 19.5 Å². The van der Waals surface area contributed by atoms with Crippen molar-refractivity contribution < 1.29 is 14.8 Å². The fraction of sp³-hybridized carbons (Fsp3) is 0.400. The molecular formula is C10H13N3O4. The summed E-state index contributed by atoms with van der Waals surface area (Å²) in [5.41, 5.74) is 4.90. The summed E-state index contributed by atoms with van der Waals surface area (Å²) in [5.74, 6) is -1.14. The first-order valence-corrected chi connectivity index (χ1v) is 4.86. The number of nitrogens with two attached hydrogens (primary N) is 1. The average Bonchev–Trinajstić information content (AvgIpc) is 2.27. The van der Waals surface area contributed by atoms with Gasteiger partial charge in [-0.25, -0.2) is 0 Å². The van der Waals surface area contributed by atoms with Crippen molar-refractivity contribution in [1.82, 2.24) is 4.98 Å². The first-order valence-electron chi connectivity index (χ1n) is 4.86. The third kappa shape index (κ3) is 2.56. The van der Waals surface area contributed by atoms with Gasteiger partial charge in [-0.1, -0.05) is 13.8 Å². The van der Waals surface area contributed by atoms with Crippen molar-refractivity contribution in [2.24, 2.45) is 5.73 Å². The Morgan fingerprint density at radius 2 is 2.18 bits per heavy atom. The number of rotatable bonds is 4. The normalized spacial score (nSPS) is 13.1. The van der Waals surface area contributed by atoms with Gasteiger partial charge in [-0.2, -0.15) is 0 Å². The van der Waals surface area contributed by atoms with Crippen molar-refractivity contribution in [2.45, 2.75) is 25.3 Å². The van der Waals surface area contributed by atoms with Gasteiger partial charge >= 0.3 is 5.97 Å². The molecule has 0 saturated heterocycles. The Morgan fingerprint density at radius 1 is 1.59 bits per heavy atom. The average molecular weight is 239 g/mol. The van der Waals surface area contributed by atoms with E-state index < -0.39 is 22.3 Å². The molecule has 0 spiro atoms. The van der Waals surface area contributed by atoms with Gasteiger partial charge in [0.1, 0.15) is 12.2 Å². The van der Waals surface area contributed by atoms with Gasteiger partial charge in [0.05, 0.1) is 4.92 Å². The molecule has 1 rings (SSSR count). The second kappa shape index (κ2) is 4.46. The maximum absolute atomic E-state index is 10.8. The zero-order valence-corrected chi connectivity index (χ0v) is 9.45. The Balaban J connectivity index is 3.07. The number of carbonyl (C=O) groups is 1. The number of hydrogen-bond acceptors (Lipinski definition) is 5. The van der Waals surface area contributed by atoms with Crippen LogP contribution in [0, 0.1) is 10.1 Å². The standard InChI is InChI=1S/C10H13N3O4/c1-10(2,8(11)9(14)15)7-4-3-6(5-12-7)13(16)17/h3-5,8H,11H2,1-2H3,(H,14,15). The molecule has 1 heterocycles. The van der Waals surface area contributed by atoms with E-state index in [1.165, 1.54) is 12.1 Å². The zero-order valence-electron chi connectivity index (χ0n) is 9.45. The van der Waals surface area contributed by atoms with Crippen LogP contribution in [-0.4, -0.2) is 27.0 Å². The third-order valence-electron chi connectivity index (χ3n) is 2.66. The van der Waals surface area contributed by atoms with E-state index in [-0.39, 0.29) is 5.69 Å². The number of carboxylic acids is 1. The number of pyridine rings is 1. The van der Waals surface area contributed by atoms with E-state index in [0.717, 1.165) is 6.20 Å². The summed E-state index contributed by atoms with van der Waals surface area (Å²) in [6.07, 6.45) is 1.09. The summed E-state index contributed by atoms with van der Waals surface area (Å²) in [7, 11) is 0. The van der Waals surface area contributed by atoms with Crippen LogP contribution in [0.25, 0.3) is 0 Å². The maximum Gasteiger partial charge on any atom is 0.321 e. The lowest BCUT2D eigenvalue weighted by molar-refractivity contribution is -0.385. The molecule has 1 unspecified atom stereocenters. The van der Waals surface area contributed by atoms with E-state index in [0.29, 0.717) is 5.69 Å². The summed E-state index contributed by atoms with van der Waals surface area (Å²) in [5, 5.41) is 19.3. The van der Waals surface area contributed by atoms with E-state index in [9.17, 15) is 14.9 Å². The molecule has 1 atom stereocenters. The number of nitrogens with zero attached hydrogens (tertiary/aromatic N) is 2. The van der Waals surface area contributed by atoms with E-state index >= 15 is 0 Å². The highest BCUT2D eigenvalue weighted by Crippen LogP contribution is 2.25. The second-order valence-electron chi connectivity index (χ2n) is 4.20. The molecule has 92 valence electrons. The fourth-order valence-corrected chi connectivity index (χ4v) is 1.34. The van der Waals surface area contributed by atoms with E-state index in [1.54, 1.807) is 13.8 Å². The molecule has 0 saturated carbocycles. The Kier molecular flexibility index (Phi) is 3.42. The van der Waals surface area contributed by atoms with Crippen molar-refractivity contribution in [2.75, 3.05) is 0 Å². The molecule has 0 aromatic carbocycles. The topological polar surface area (TPSA) is 119 Å². The molecule has 7 nitrogen and oxygen atoms in total. The van der Waals surface area contributed by atoms with Crippen molar-refractivity contribution in [1.29, 1.82) is 0 Å². The number of nitro groups is 1. The van der Waals surface area contributed by atoms with Gasteiger partial charge in [0, 0.05) is 17.2 Å². The van der Waals surface area contributed by atoms with E-state index in [2.05, 4.69) is 4.98 Å². The molecule has 7 heteroatoms. The predicted molar refractivity (Wildman–Crippen MR) is 59.5 cm³/mol. The van der Waals surface area contributed by atoms with Crippen molar-refractivity contribution >= 4 is 11.7 Å². The second-order valence-corrected chi connectivity index (χ2v) is 4.20. The van der Waals surface area contributed by atoms with Gasteiger partial charge in [-0.05, 0) is 6.07 Å². The van der Waals surface area contributed by atoms with Crippen LogP contribution in [0.3, 0.4) is 0 Å². The van der Waals surface area contributed by atoms with Gasteiger partial charge in [0.2, 0.25) is 0 Å². The first-order chi connectivity index (χ1) is 7.76. The molecule has 17 heavy (non-hydrogen) atoms. The minimum Gasteiger partial charge on any atom is -0.480 e. The summed E-state index contributed by atoms with van der Waals surface area (Å²) in [6, 6.07) is 1.57. The summed E-state index contributed by atoms with van der Waals surface area (Å²) >= 11 is 0. The van der Waals surface area contributed by atoms with Gasteiger partial charge < -0.3 is 10.8 Å². The molecule has 0 aliphatic rings. The summed E-state index contributed by atoms with van der Waals surface area (Å²) in [4.78, 5) is 24.6. The fourth-order valence-electron chi connectivity index (χ4n) is 1.34. The lowest BCUT2D eigenvalue weighted by Gasteiger charge is -2.27. The molecule has 0 aliphatic heterocycles. The van der Waals surface area contributed by atoms with Crippen molar-refractivity contribution in [3.8, 4) is 0 Å². The Labute approximate surface area is 97.4 Å². The maximum atomic E-state index is 10.8. The molecule has 3 N–H and O–H groups in total. The van der Waals surface area contributed by atoms with Gasteiger partial charge in [-0.3, -0.25) is 19.9 Å². The molecule has 0 fully saturated rings. The zero-order chi connectivity index (χ0) is 13.2. The molecular weight excluding hydrogens is 226 g/mol. The van der Waals surface area contributed by atoms with Crippen LogP contribution < -0.4 is 5.73 Å². The van der Waals surface area contributed by atoms with Crippen LogP contribution in [0.4, 0.5) is 5.69 Å². The van der Waals surface area contributed by atoms with E-state index in [4.69, 9.17) is 10.8 Å². The highest BCUT2D eigenvalue weighted by molar-refractivity contribution is 5.75. The minimum absolute atomic E-state index is 0.145. The number of aliphatic carboxylic acids is 1. The van der Waals surface area contributed by atoms with Crippen LogP contribution in [0.5, 0.6) is 0 Å². The third-order valence-corrected chi connectivity index (χ3v) is 2.66. The summed E-state index contributed by atoms with van der Waals surface area (Å²) < 4.78 is 0. The van der Waals surface area contributed by atoms with Crippen LogP contribution in [-0.2, 0) is 10.2 Å². The highest BCUT2D eigenvalue weighted by atomic mass is 16.6. The van der Waals surface area contributed by atoms with Crippen LogP contribution in [0.15, 0.2) is 18.3 Å². The van der Waals surface area contributed by atoms with Gasteiger partial charge in [0.25, 0.3) is 5.69 Å². The Bertz CT molecular complexity index is 441. The number of carboxylic acid groups (broad SMARTS) is 1. The largest absolute Gasteiger partial charge is 0.480 e. The molecule has 1 aromatic heterocycles. The Hall–Kier alpha value is -2.02. The minimum atomic E-state index is -1.14. The lowest BCUT2D eigenvalue weighted by Crippen LogP contribution is -2.47. The number of aromatic nitrogens is 1. The Morgan fingerprint density at radius 3 is 2.53 bits per heavy atom. The van der Waals surface area contributed by atoms with Gasteiger partial charge in [0.15, 0.2) is 0 Å². The van der Waals surface area contributed by atoms with Crippen LogP contribution in [0.2, 0.25) is 0 Å². The lowest BCUT2D eigenvalue weighted by atomic mass is 9.81. The summed E-state index contributed by atoms with van der Waals surface area (Å²) in [6.45, 7) is 3.25. The van der Waals surface area contributed by atoms with Crippen molar-refractivity contribution in [3.63, 3.8) is 0 Å². The molecule has 0 radical (unpaired) electrons. The number of hydrogen-bond donors (Lipinski definition) is 2. The quantitative estimate of drug-likeness (QED) is 0.588. The smallest absolute Gasteiger partial charge is 0.321 e. The van der Waals surface area contributed by atoms with Crippen molar-refractivity contribution in [3.05, 3.63) is 34.1 Å². The monoisotopic (exact) mass is 239 g/mol. The molecule has 0 bridgehead atoms. The highest BCUT2D eigenvalue weighted by Gasteiger charge is 2.35. The molecule has 0 aliphatic carbocycles.